The molecule has 2 aliphatic rings. The van der Waals surface area contributed by atoms with Crippen LogP contribution in [0.4, 0.5) is 19.0 Å². The first-order valence-electron chi connectivity index (χ1n) is 10.1. The predicted molar refractivity (Wildman–Crippen MR) is 110 cm³/mol. The highest BCUT2D eigenvalue weighted by molar-refractivity contribution is 7.99. The summed E-state index contributed by atoms with van der Waals surface area (Å²) in [5, 5.41) is 0.551. The summed E-state index contributed by atoms with van der Waals surface area (Å²) in [6.07, 6.45) is 1.71. The third kappa shape index (κ3) is 4.31. The van der Waals surface area contributed by atoms with Gasteiger partial charge in [0.1, 0.15) is 22.1 Å². The smallest absolute Gasteiger partial charge is 0.381 e. The second-order valence-electron chi connectivity index (χ2n) is 7.99. The largest absolute Gasteiger partial charge is 0.433 e. The lowest BCUT2D eigenvalue weighted by Gasteiger charge is -2.38. The van der Waals surface area contributed by atoms with Gasteiger partial charge in [-0.15, -0.1) is 0 Å². The molecule has 2 fully saturated rings. The Balaban J connectivity index is 1.31. The number of anilines is 1. The molecule has 0 N–H and O–H groups in total. The molecule has 0 saturated carbocycles. The number of piperidine rings is 1. The first kappa shape index (κ1) is 20.4. The third-order valence-corrected chi connectivity index (χ3v) is 6.87. The van der Waals surface area contributed by atoms with Crippen molar-refractivity contribution in [3.05, 3.63) is 42.4 Å². The molecule has 3 aromatic rings. The van der Waals surface area contributed by atoms with Gasteiger partial charge >= 0.3 is 6.18 Å². The molecular formula is C21H20F3N5OS. The van der Waals surface area contributed by atoms with Crippen molar-refractivity contribution in [3.8, 4) is 0 Å². The Morgan fingerprint density at radius 1 is 1.03 bits per heavy atom. The zero-order chi connectivity index (χ0) is 21.5. The molecule has 1 spiro atoms. The zero-order valence-corrected chi connectivity index (χ0v) is 17.4. The normalized spacial score (nSPS) is 18.7. The van der Waals surface area contributed by atoms with Crippen LogP contribution in [0, 0.1) is 5.41 Å². The number of alkyl halides is 3. The van der Waals surface area contributed by atoms with Crippen molar-refractivity contribution in [1.29, 1.82) is 0 Å². The molecule has 0 radical (unpaired) electrons. The van der Waals surface area contributed by atoms with Gasteiger partial charge in [-0.2, -0.15) is 13.2 Å². The van der Waals surface area contributed by atoms with Gasteiger partial charge in [-0.1, -0.05) is 11.8 Å². The molecule has 162 valence electrons. The molecule has 0 aliphatic carbocycles. The van der Waals surface area contributed by atoms with Crippen LogP contribution in [0.3, 0.4) is 0 Å². The van der Waals surface area contributed by atoms with E-state index in [0.717, 1.165) is 75.4 Å². The average molecular weight is 447 g/mol. The van der Waals surface area contributed by atoms with E-state index in [2.05, 4.69) is 19.9 Å². The summed E-state index contributed by atoms with van der Waals surface area (Å²) in [4.78, 5) is 19.7. The molecule has 3 aromatic heterocycles. The highest BCUT2D eigenvalue weighted by atomic mass is 32.2. The van der Waals surface area contributed by atoms with Gasteiger partial charge < -0.3 is 9.64 Å². The number of pyridine rings is 2. The maximum Gasteiger partial charge on any atom is 0.433 e. The number of hydrogen-bond donors (Lipinski definition) is 0. The first-order valence-corrected chi connectivity index (χ1v) is 10.9. The first-order chi connectivity index (χ1) is 14.9. The molecule has 2 saturated heterocycles. The van der Waals surface area contributed by atoms with Crippen LogP contribution < -0.4 is 4.90 Å². The van der Waals surface area contributed by atoms with E-state index < -0.39 is 11.9 Å². The number of ether oxygens (including phenoxy) is 1. The summed E-state index contributed by atoms with van der Waals surface area (Å²) in [7, 11) is 0. The Kier molecular flexibility index (Phi) is 5.21. The molecule has 31 heavy (non-hydrogen) atoms. The minimum Gasteiger partial charge on any atom is -0.381 e. The van der Waals surface area contributed by atoms with Crippen LogP contribution in [0.5, 0.6) is 0 Å². The Hall–Kier alpha value is -2.46. The Morgan fingerprint density at radius 3 is 2.61 bits per heavy atom. The average Bonchev–Trinajstić information content (AvgIpc) is 3.21. The van der Waals surface area contributed by atoms with E-state index in [-0.39, 0.29) is 0 Å². The van der Waals surface area contributed by atoms with Gasteiger partial charge in [0.15, 0.2) is 5.65 Å². The Labute approximate surface area is 181 Å². The summed E-state index contributed by atoms with van der Waals surface area (Å²) in [6, 6.07) is 6.10. The molecule has 5 rings (SSSR count). The van der Waals surface area contributed by atoms with Gasteiger partial charge in [-0.05, 0) is 48.9 Å². The van der Waals surface area contributed by atoms with Gasteiger partial charge in [0, 0.05) is 30.8 Å². The lowest BCUT2D eigenvalue weighted by Crippen LogP contribution is -2.40. The number of fused-ring (bicyclic) bond motifs is 1. The maximum atomic E-state index is 12.9. The fourth-order valence-corrected chi connectivity index (χ4v) is 4.90. The number of halogens is 3. The van der Waals surface area contributed by atoms with E-state index in [0.29, 0.717) is 26.5 Å². The van der Waals surface area contributed by atoms with Crippen LogP contribution in [-0.4, -0.2) is 46.2 Å². The Bertz CT molecular complexity index is 1090. The second-order valence-corrected chi connectivity index (χ2v) is 9.08. The fourth-order valence-electron chi connectivity index (χ4n) is 4.09. The summed E-state index contributed by atoms with van der Waals surface area (Å²) in [5.74, 6) is 0.826. The molecule has 0 bridgehead atoms. The monoisotopic (exact) mass is 447 g/mol. The van der Waals surface area contributed by atoms with Crippen LogP contribution in [0.25, 0.3) is 11.2 Å². The predicted octanol–water partition coefficient (Wildman–Crippen LogP) is 4.60. The van der Waals surface area contributed by atoms with Crippen LogP contribution in [0.15, 0.2) is 46.6 Å². The number of hydrogen-bond acceptors (Lipinski definition) is 7. The van der Waals surface area contributed by atoms with E-state index in [1.54, 1.807) is 12.3 Å². The van der Waals surface area contributed by atoms with Crippen molar-refractivity contribution in [1.82, 2.24) is 19.9 Å². The maximum absolute atomic E-state index is 12.9. The van der Waals surface area contributed by atoms with E-state index in [9.17, 15) is 13.2 Å². The minimum atomic E-state index is -4.48. The van der Waals surface area contributed by atoms with Crippen molar-refractivity contribution in [3.63, 3.8) is 0 Å². The van der Waals surface area contributed by atoms with Gasteiger partial charge in [-0.25, -0.2) is 15.0 Å². The molecule has 0 atom stereocenters. The number of nitrogens with zero attached hydrogens (tertiary/aromatic N) is 5. The third-order valence-electron chi connectivity index (χ3n) is 5.94. The highest BCUT2D eigenvalue weighted by Crippen LogP contribution is 2.40. The summed E-state index contributed by atoms with van der Waals surface area (Å²) < 4.78 is 44.2. The molecule has 6 nitrogen and oxygen atoms in total. The highest BCUT2D eigenvalue weighted by Gasteiger charge is 2.38. The van der Waals surface area contributed by atoms with Crippen molar-refractivity contribution in [2.75, 3.05) is 31.2 Å². The molecular weight excluding hydrogens is 427 g/mol. The molecule has 0 unspecified atom stereocenters. The van der Waals surface area contributed by atoms with E-state index in [1.165, 1.54) is 6.07 Å². The molecule has 2 aliphatic heterocycles. The van der Waals surface area contributed by atoms with Crippen LogP contribution >= 0.6 is 11.8 Å². The van der Waals surface area contributed by atoms with Gasteiger partial charge in [0.2, 0.25) is 0 Å². The summed E-state index contributed by atoms with van der Waals surface area (Å²) in [5.41, 5.74) is 0.539. The van der Waals surface area contributed by atoms with Crippen molar-refractivity contribution in [2.24, 2.45) is 5.41 Å². The fraction of sp³-hybridized carbons (Fsp3) is 0.429. The SMILES string of the molecule is FC(F)(F)c1cc(Sc2ccc3nc(N4CCC5(CCOC5)CC4)cnc3n2)ccn1. The lowest BCUT2D eigenvalue weighted by molar-refractivity contribution is -0.141. The van der Waals surface area contributed by atoms with Crippen molar-refractivity contribution in [2.45, 2.75) is 35.4 Å². The van der Waals surface area contributed by atoms with Crippen molar-refractivity contribution >= 4 is 28.7 Å². The second kappa shape index (κ2) is 7.90. The zero-order valence-electron chi connectivity index (χ0n) is 16.6. The number of rotatable bonds is 3. The molecule has 0 amide bonds. The van der Waals surface area contributed by atoms with Gasteiger partial charge in [-0.3, -0.25) is 4.98 Å². The van der Waals surface area contributed by atoms with Crippen molar-refractivity contribution < 1.29 is 17.9 Å². The standard InChI is InChI=1S/C21H20F3N5OS/c22-21(23,24)16-11-14(3-7-25-16)31-18-2-1-15-19(28-18)26-12-17(27-15)29-8-4-20(5-9-29)6-10-30-13-20/h1-3,7,11-12H,4-6,8-10,13H2. The lowest BCUT2D eigenvalue weighted by atomic mass is 9.78. The number of aromatic nitrogens is 4. The Morgan fingerprint density at radius 2 is 1.87 bits per heavy atom. The van der Waals surface area contributed by atoms with Gasteiger partial charge in [0.05, 0.1) is 12.8 Å². The molecule has 5 heterocycles. The minimum absolute atomic E-state index is 0.327. The van der Waals surface area contributed by atoms with Crippen LogP contribution in [-0.2, 0) is 10.9 Å². The van der Waals surface area contributed by atoms with E-state index in [1.807, 2.05) is 6.07 Å². The van der Waals surface area contributed by atoms with Crippen LogP contribution in [0.1, 0.15) is 25.0 Å². The molecule has 10 heteroatoms. The van der Waals surface area contributed by atoms with Crippen LogP contribution in [0.2, 0.25) is 0 Å². The van der Waals surface area contributed by atoms with E-state index in [4.69, 9.17) is 9.72 Å². The summed E-state index contributed by atoms with van der Waals surface area (Å²) in [6.45, 7) is 3.57. The van der Waals surface area contributed by atoms with Gasteiger partial charge in [0.25, 0.3) is 0 Å². The van der Waals surface area contributed by atoms with E-state index >= 15 is 0 Å². The summed E-state index contributed by atoms with van der Waals surface area (Å²) >= 11 is 1.13. The topological polar surface area (TPSA) is 64.0 Å². The quantitative estimate of drug-likeness (QED) is 0.582. The molecule has 0 aromatic carbocycles.